The van der Waals surface area contributed by atoms with Crippen molar-refractivity contribution in [1.29, 1.82) is 0 Å². The summed E-state index contributed by atoms with van der Waals surface area (Å²) in [6, 6.07) is 10.4. The molecule has 33 heavy (non-hydrogen) atoms. The average molecular weight is 448 g/mol. The molecule has 0 spiro atoms. The number of rotatable bonds is 5. The van der Waals surface area contributed by atoms with Crippen LogP contribution in [0.4, 0.5) is 5.82 Å². The normalized spacial score (nSPS) is 18.3. The van der Waals surface area contributed by atoms with Crippen molar-refractivity contribution in [3.8, 4) is 5.75 Å². The summed E-state index contributed by atoms with van der Waals surface area (Å²) in [6.45, 7) is 2.64. The van der Waals surface area contributed by atoms with Gasteiger partial charge >= 0.3 is 0 Å². The molecule has 0 saturated heterocycles. The van der Waals surface area contributed by atoms with Crippen molar-refractivity contribution < 1.29 is 14.7 Å². The Labute approximate surface area is 192 Å². The number of fused-ring (bicyclic) bond motifs is 2. The zero-order valence-electron chi connectivity index (χ0n) is 18.7. The predicted octanol–water partition coefficient (Wildman–Crippen LogP) is 3.85. The molecule has 3 aromatic rings. The molecule has 0 radical (unpaired) electrons. The molecule has 2 aromatic carbocycles. The maximum atomic E-state index is 13.7. The van der Waals surface area contributed by atoms with Crippen molar-refractivity contribution in [3.05, 3.63) is 53.1 Å². The van der Waals surface area contributed by atoms with Gasteiger partial charge in [0.2, 0.25) is 5.91 Å². The number of nitrogens with one attached hydrogen (secondary N) is 3. The van der Waals surface area contributed by atoms with Gasteiger partial charge in [0.05, 0.1) is 11.1 Å². The molecule has 4 N–H and O–H groups in total. The van der Waals surface area contributed by atoms with E-state index < -0.39 is 6.04 Å². The van der Waals surface area contributed by atoms with Gasteiger partial charge in [0.15, 0.2) is 5.82 Å². The van der Waals surface area contributed by atoms with Gasteiger partial charge in [-0.25, -0.2) is 0 Å². The van der Waals surface area contributed by atoms with E-state index in [-0.39, 0.29) is 23.1 Å². The number of likely N-dealkylation sites (N-methyl/N-ethyl adjacent to an activating group) is 1. The van der Waals surface area contributed by atoms with E-state index in [0.717, 1.165) is 29.4 Å². The summed E-state index contributed by atoms with van der Waals surface area (Å²) < 4.78 is 0. The zero-order chi connectivity index (χ0) is 22.9. The molecule has 8 nitrogen and oxygen atoms in total. The molecule has 1 aliphatic heterocycles. The van der Waals surface area contributed by atoms with E-state index in [9.17, 15) is 14.7 Å². The number of nitrogens with zero attached hydrogens (tertiary/aromatic N) is 2. The van der Waals surface area contributed by atoms with Gasteiger partial charge in [-0.1, -0.05) is 43.5 Å². The largest absolute Gasteiger partial charge is 0.507 e. The molecule has 1 aliphatic carbocycles. The van der Waals surface area contributed by atoms with Crippen LogP contribution in [-0.2, 0) is 11.3 Å². The Morgan fingerprint density at radius 1 is 1.18 bits per heavy atom. The zero-order valence-corrected chi connectivity index (χ0v) is 18.7. The number of anilines is 1. The van der Waals surface area contributed by atoms with Gasteiger partial charge in [-0.2, -0.15) is 5.10 Å². The Morgan fingerprint density at radius 3 is 2.76 bits per heavy atom. The molecule has 2 aliphatic rings. The number of carbonyl (C=O) groups is 2. The average Bonchev–Trinajstić information content (AvgIpc) is 3.40. The van der Waals surface area contributed by atoms with Gasteiger partial charge in [-0.15, -0.1) is 0 Å². The Bertz CT molecular complexity index is 1200. The van der Waals surface area contributed by atoms with Crippen LogP contribution < -0.4 is 10.6 Å². The highest BCUT2D eigenvalue weighted by Crippen LogP contribution is 2.37. The van der Waals surface area contributed by atoms with Gasteiger partial charge in [0, 0.05) is 30.6 Å². The van der Waals surface area contributed by atoms with Gasteiger partial charge in [-0.05, 0) is 37.0 Å². The Kier molecular flexibility index (Phi) is 5.66. The van der Waals surface area contributed by atoms with Crippen LogP contribution in [0.1, 0.15) is 66.6 Å². The molecular formula is C25H29N5O3. The minimum absolute atomic E-state index is 0.133. The molecule has 0 bridgehead atoms. The smallest absolute Gasteiger partial charge is 0.258 e. The fraction of sp³-hybridized carbons (Fsp3) is 0.400. The van der Waals surface area contributed by atoms with Crippen molar-refractivity contribution in [2.24, 2.45) is 0 Å². The highest BCUT2D eigenvalue weighted by molar-refractivity contribution is 6.05. The van der Waals surface area contributed by atoms with Crippen molar-refractivity contribution in [3.63, 3.8) is 0 Å². The minimum Gasteiger partial charge on any atom is -0.507 e. The van der Waals surface area contributed by atoms with Crippen molar-refractivity contribution >= 4 is 28.5 Å². The maximum Gasteiger partial charge on any atom is 0.258 e. The lowest BCUT2D eigenvalue weighted by atomic mass is 9.95. The van der Waals surface area contributed by atoms with Crippen LogP contribution in [0.2, 0.25) is 0 Å². The highest BCUT2D eigenvalue weighted by atomic mass is 16.3. The number of phenolic OH excluding ortho intramolecular Hbond substituents is 1. The first-order valence-electron chi connectivity index (χ1n) is 11.7. The Morgan fingerprint density at radius 2 is 1.97 bits per heavy atom. The van der Waals surface area contributed by atoms with Gasteiger partial charge < -0.3 is 20.6 Å². The fourth-order valence-electron chi connectivity index (χ4n) is 5.06. The molecule has 1 atom stereocenters. The van der Waals surface area contributed by atoms with Crippen molar-refractivity contribution in [2.45, 2.75) is 57.7 Å². The minimum atomic E-state index is -0.729. The summed E-state index contributed by atoms with van der Waals surface area (Å²) in [5.41, 5.74) is 2.58. The van der Waals surface area contributed by atoms with Crippen molar-refractivity contribution in [1.82, 2.24) is 20.4 Å². The summed E-state index contributed by atoms with van der Waals surface area (Å²) >= 11 is 0. The van der Waals surface area contributed by atoms with E-state index >= 15 is 0 Å². The number of hydrogen-bond donors (Lipinski definition) is 4. The number of phenols is 1. The molecule has 2 heterocycles. The van der Waals surface area contributed by atoms with E-state index in [4.69, 9.17) is 0 Å². The van der Waals surface area contributed by atoms with Gasteiger partial charge in [0.1, 0.15) is 11.8 Å². The number of H-pyrrole nitrogens is 1. The third-order valence-corrected chi connectivity index (χ3v) is 6.72. The first kappa shape index (κ1) is 21.3. The molecular weight excluding hydrogens is 418 g/mol. The van der Waals surface area contributed by atoms with Gasteiger partial charge in [-0.3, -0.25) is 14.7 Å². The summed E-state index contributed by atoms with van der Waals surface area (Å²) in [6.07, 6.45) is 5.84. The second-order valence-corrected chi connectivity index (χ2v) is 8.90. The van der Waals surface area contributed by atoms with E-state index in [1.165, 1.54) is 30.2 Å². The molecule has 1 saturated carbocycles. The molecule has 8 heteroatoms. The standard InChI is InChI=1S/C25H29N5O3/c1-2-26-24(32)22-17-11-7-6-8-15(17)14-30(22)25(33)19-12-18-20(13-21(19)31)28-29-23(18)27-16-9-4-3-5-10-16/h6-8,11-13,16,22,31H,2-5,9-10,14H2,1H3,(H,26,32)(H2,27,28,29). The third-order valence-electron chi connectivity index (χ3n) is 6.72. The van der Waals surface area contributed by atoms with Crippen molar-refractivity contribution in [2.75, 3.05) is 11.9 Å². The lowest BCUT2D eigenvalue weighted by Gasteiger charge is -2.25. The van der Waals surface area contributed by atoms with E-state index in [1.807, 2.05) is 31.2 Å². The fourth-order valence-corrected chi connectivity index (χ4v) is 5.06. The second kappa shape index (κ2) is 8.77. The van der Waals surface area contributed by atoms with E-state index in [2.05, 4.69) is 20.8 Å². The lowest BCUT2D eigenvalue weighted by molar-refractivity contribution is -0.125. The van der Waals surface area contributed by atoms with Gasteiger partial charge in [0.25, 0.3) is 5.91 Å². The number of benzene rings is 2. The quantitative estimate of drug-likeness (QED) is 0.475. The van der Waals surface area contributed by atoms with Crippen LogP contribution in [0, 0.1) is 0 Å². The lowest BCUT2D eigenvalue weighted by Crippen LogP contribution is -2.39. The van der Waals surface area contributed by atoms with E-state index in [0.29, 0.717) is 30.5 Å². The van der Waals surface area contributed by atoms with Crippen LogP contribution in [0.3, 0.4) is 0 Å². The summed E-state index contributed by atoms with van der Waals surface area (Å²) in [5.74, 6) is -0.0482. The van der Waals surface area contributed by atoms with Crippen LogP contribution in [-0.4, -0.2) is 44.6 Å². The summed E-state index contributed by atoms with van der Waals surface area (Å²) in [7, 11) is 0. The molecule has 5 rings (SSSR count). The number of hydrogen-bond acceptors (Lipinski definition) is 5. The Balaban J connectivity index is 1.49. The SMILES string of the molecule is CCNC(=O)C1c2ccccc2CN1C(=O)c1cc2c(NC3CCCCC3)n[nH]c2cc1O. The third kappa shape index (κ3) is 3.90. The predicted molar refractivity (Wildman–Crippen MR) is 126 cm³/mol. The topological polar surface area (TPSA) is 110 Å². The molecule has 2 amide bonds. The van der Waals surface area contributed by atoms with Crippen LogP contribution in [0.15, 0.2) is 36.4 Å². The maximum absolute atomic E-state index is 13.7. The summed E-state index contributed by atoms with van der Waals surface area (Å²) in [5, 5.41) is 25.1. The molecule has 1 aromatic heterocycles. The van der Waals surface area contributed by atoms with E-state index in [1.54, 1.807) is 6.07 Å². The van der Waals surface area contributed by atoms with Crippen LogP contribution >= 0.6 is 0 Å². The molecule has 1 fully saturated rings. The van der Waals surface area contributed by atoms with Crippen LogP contribution in [0.5, 0.6) is 5.75 Å². The monoisotopic (exact) mass is 447 g/mol. The molecule has 1 unspecified atom stereocenters. The Hall–Kier alpha value is -3.55. The molecule has 172 valence electrons. The number of amides is 2. The van der Waals surface area contributed by atoms with Crippen LogP contribution in [0.25, 0.3) is 10.9 Å². The summed E-state index contributed by atoms with van der Waals surface area (Å²) in [4.78, 5) is 28.1. The first-order valence-corrected chi connectivity index (χ1v) is 11.7. The number of aromatic hydroxyl groups is 1. The number of carbonyl (C=O) groups excluding carboxylic acids is 2. The highest BCUT2D eigenvalue weighted by Gasteiger charge is 2.39. The second-order valence-electron chi connectivity index (χ2n) is 8.90. The number of aromatic amines is 1. The first-order chi connectivity index (χ1) is 16.1. The number of aromatic nitrogens is 2.